The average Bonchev–Trinajstić information content (AvgIpc) is 2.72. The van der Waals surface area contributed by atoms with Crippen LogP contribution in [-0.2, 0) is 6.54 Å². The maximum atomic E-state index is 11.2. The third-order valence-electron chi connectivity index (χ3n) is 2.05. The number of nitrogens with one attached hydrogen (secondary N) is 1. The van der Waals surface area contributed by atoms with Gasteiger partial charge < -0.3 is 10.2 Å². The molecule has 1 fully saturated rings. The van der Waals surface area contributed by atoms with Crippen LogP contribution in [0.25, 0.3) is 0 Å². The maximum absolute atomic E-state index is 11.2. The molecule has 7 heteroatoms. The summed E-state index contributed by atoms with van der Waals surface area (Å²) in [6.07, 6.45) is 1.68. The third kappa shape index (κ3) is 2.14. The Labute approximate surface area is 94.8 Å². The highest BCUT2D eigenvalue weighted by Crippen LogP contribution is 1.98. The lowest BCUT2D eigenvalue weighted by molar-refractivity contribution is 0.215. The second-order valence-electron chi connectivity index (χ2n) is 3.00. The summed E-state index contributed by atoms with van der Waals surface area (Å²) in [5.41, 5.74) is 0. The molecule has 1 aromatic rings. The van der Waals surface area contributed by atoms with Crippen molar-refractivity contribution in [1.29, 1.82) is 0 Å². The molecule has 1 aromatic heterocycles. The van der Waals surface area contributed by atoms with Gasteiger partial charge in [-0.1, -0.05) is 0 Å². The summed E-state index contributed by atoms with van der Waals surface area (Å²) in [5.74, 6) is 0. The zero-order valence-corrected chi connectivity index (χ0v) is 9.64. The van der Waals surface area contributed by atoms with Gasteiger partial charge in [0.25, 0.3) is 0 Å². The summed E-state index contributed by atoms with van der Waals surface area (Å²) in [7, 11) is 0. The summed E-state index contributed by atoms with van der Waals surface area (Å²) in [4.78, 5) is 16.9. The molecule has 1 aliphatic heterocycles. The van der Waals surface area contributed by atoms with Crippen molar-refractivity contribution < 1.29 is 4.79 Å². The molecule has 76 valence electrons. The number of hydrogen-bond donors (Lipinski definition) is 1. The van der Waals surface area contributed by atoms with Crippen molar-refractivity contribution in [3.8, 4) is 0 Å². The molecule has 1 aliphatic rings. The van der Waals surface area contributed by atoms with Crippen LogP contribution in [0.3, 0.4) is 0 Å². The molecule has 2 heterocycles. The number of urea groups is 1. The van der Waals surface area contributed by atoms with E-state index in [1.807, 2.05) is 0 Å². The van der Waals surface area contributed by atoms with Gasteiger partial charge in [-0.05, 0) is 0 Å². The highest BCUT2D eigenvalue weighted by Gasteiger charge is 2.18. The second-order valence-corrected chi connectivity index (χ2v) is 3.96. The van der Waals surface area contributed by atoms with E-state index in [0.717, 1.165) is 16.9 Å². The van der Waals surface area contributed by atoms with Crippen molar-refractivity contribution >= 4 is 28.6 Å². The van der Waals surface area contributed by atoms with Crippen LogP contribution in [0.4, 0.5) is 4.79 Å². The molecular formula is C7H10IN5O. The first kappa shape index (κ1) is 9.69. The van der Waals surface area contributed by atoms with Crippen molar-refractivity contribution in [2.75, 3.05) is 19.6 Å². The molecule has 2 amide bonds. The SMILES string of the molecule is O=C1NCCN1CCn1cnc(I)n1. The molecule has 1 saturated heterocycles. The van der Waals surface area contributed by atoms with Crippen LogP contribution in [0, 0.1) is 3.83 Å². The molecule has 0 aromatic carbocycles. The summed E-state index contributed by atoms with van der Waals surface area (Å²) < 4.78 is 2.47. The summed E-state index contributed by atoms with van der Waals surface area (Å²) in [5, 5.41) is 6.88. The Hall–Kier alpha value is -0.860. The van der Waals surface area contributed by atoms with Crippen molar-refractivity contribution in [2.24, 2.45) is 0 Å². The van der Waals surface area contributed by atoms with Gasteiger partial charge in [0.2, 0.25) is 3.83 Å². The fourth-order valence-corrected chi connectivity index (χ4v) is 1.73. The van der Waals surface area contributed by atoms with Crippen LogP contribution < -0.4 is 5.32 Å². The molecule has 0 saturated carbocycles. The number of amides is 2. The normalized spacial score (nSPS) is 16.1. The molecule has 0 atom stereocenters. The van der Waals surface area contributed by atoms with E-state index >= 15 is 0 Å². The van der Waals surface area contributed by atoms with Crippen molar-refractivity contribution in [1.82, 2.24) is 25.0 Å². The first-order valence-electron chi connectivity index (χ1n) is 4.33. The van der Waals surface area contributed by atoms with Gasteiger partial charge >= 0.3 is 6.03 Å². The minimum absolute atomic E-state index is 0.0137. The molecule has 0 bridgehead atoms. The molecule has 0 unspecified atom stereocenters. The van der Waals surface area contributed by atoms with E-state index in [1.165, 1.54) is 0 Å². The van der Waals surface area contributed by atoms with Gasteiger partial charge in [0.1, 0.15) is 6.33 Å². The predicted octanol–water partition coefficient (Wildman–Crippen LogP) is -0.0921. The number of aromatic nitrogens is 3. The zero-order valence-electron chi connectivity index (χ0n) is 7.48. The lowest BCUT2D eigenvalue weighted by Crippen LogP contribution is -2.31. The van der Waals surface area contributed by atoms with Gasteiger partial charge in [0.05, 0.1) is 6.54 Å². The molecule has 1 N–H and O–H groups in total. The summed E-state index contributed by atoms with van der Waals surface area (Å²) >= 11 is 2.06. The molecule has 2 rings (SSSR count). The smallest absolute Gasteiger partial charge is 0.317 e. The lowest BCUT2D eigenvalue weighted by atomic mass is 10.5. The third-order valence-corrected chi connectivity index (χ3v) is 2.55. The standard InChI is InChI=1S/C7H10IN5O/c8-6-10-5-13(11-6)4-3-12-2-1-9-7(12)14/h5H,1-4H2,(H,9,14). The number of rotatable bonds is 3. The zero-order chi connectivity index (χ0) is 9.97. The quantitative estimate of drug-likeness (QED) is 0.794. The molecule has 0 spiro atoms. The first-order chi connectivity index (χ1) is 6.75. The lowest BCUT2D eigenvalue weighted by Gasteiger charge is -2.12. The van der Waals surface area contributed by atoms with Crippen LogP contribution in [-0.4, -0.2) is 45.3 Å². The fourth-order valence-electron chi connectivity index (χ4n) is 1.33. The largest absolute Gasteiger partial charge is 0.336 e. The van der Waals surface area contributed by atoms with Gasteiger partial charge in [-0.25, -0.2) is 9.78 Å². The van der Waals surface area contributed by atoms with Crippen LogP contribution in [0.1, 0.15) is 0 Å². The van der Waals surface area contributed by atoms with E-state index in [2.05, 4.69) is 38.0 Å². The molecular weight excluding hydrogens is 297 g/mol. The van der Waals surface area contributed by atoms with E-state index in [-0.39, 0.29) is 6.03 Å². The highest BCUT2D eigenvalue weighted by atomic mass is 127. The molecule has 0 aliphatic carbocycles. The van der Waals surface area contributed by atoms with Gasteiger partial charge in [-0.3, -0.25) is 4.68 Å². The van der Waals surface area contributed by atoms with Crippen LogP contribution >= 0.6 is 22.6 Å². The Morgan fingerprint density at radius 3 is 3.00 bits per heavy atom. The minimum atomic E-state index is 0.0137. The van der Waals surface area contributed by atoms with Gasteiger partial charge in [-0.2, -0.15) is 0 Å². The minimum Gasteiger partial charge on any atom is -0.336 e. The second kappa shape index (κ2) is 4.11. The van der Waals surface area contributed by atoms with Crippen LogP contribution in [0.5, 0.6) is 0 Å². The van der Waals surface area contributed by atoms with E-state index < -0.39 is 0 Å². The Kier molecular flexibility index (Phi) is 2.85. The van der Waals surface area contributed by atoms with Crippen molar-refractivity contribution in [3.05, 3.63) is 10.2 Å². The Bertz CT molecular complexity index is 339. The maximum Gasteiger partial charge on any atom is 0.317 e. The number of halogens is 1. The number of carbonyl (C=O) groups excluding carboxylic acids is 1. The fraction of sp³-hybridized carbons (Fsp3) is 0.571. The van der Waals surface area contributed by atoms with Crippen molar-refractivity contribution in [2.45, 2.75) is 6.54 Å². The van der Waals surface area contributed by atoms with E-state index in [9.17, 15) is 4.79 Å². The summed E-state index contributed by atoms with van der Waals surface area (Å²) in [6, 6.07) is 0.0137. The Morgan fingerprint density at radius 2 is 2.43 bits per heavy atom. The molecule has 6 nitrogen and oxygen atoms in total. The number of nitrogens with zero attached hydrogens (tertiary/aromatic N) is 4. The highest BCUT2D eigenvalue weighted by molar-refractivity contribution is 14.1. The Balaban J connectivity index is 1.85. The van der Waals surface area contributed by atoms with E-state index in [4.69, 9.17) is 0 Å². The average molecular weight is 307 g/mol. The van der Waals surface area contributed by atoms with Crippen LogP contribution in [0.15, 0.2) is 6.33 Å². The monoisotopic (exact) mass is 307 g/mol. The number of hydrogen-bond acceptors (Lipinski definition) is 3. The van der Waals surface area contributed by atoms with E-state index in [1.54, 1.807) is 15.9 Å². The van der Waals surface area contributed by atoms with Gasteiger partial charge in [0, 0.05) is 42.2 Å². The molecule has 14 heavy (non-hydrogen) atoms. The molecule has 0 radical (unpaired) electrons. The Morgan fingerprint density at radius 1 is 1.57 bits per heavy atom. The topological polar surface area (TPSA) is 63.1 Å². The van der Waals surface area contributed by atoms with Crippen LogP contribution in [0.2, 0.25) is 0 Å². The van der Waals surface area contributed by atoms with Gasteiger partial charge in [-0.15, -0.1) is 5.10 Å². The number of carbonyl (C=O) groups is 1. The summed E-state index contributed by atoms with van der Waals surface area (Å²) in [6.45, 7) is 2.91. The predicted molar refractivity (Wildman–Crippen MR) is 57.7 cm³/mol. The van der Waals surface area contributed by atoms with Crippen molar-refractivity contribution in [3.63, 3.8) is 0 Å². The first-order valence-corrected chi connectivity index (χ1v) is 5.41. The van der Waals surface area contributed by atoms with Gasteiger partial charge in [0.15, 0.2) is 0 Å². The van der Waals surface area contributed by atoms with E-state index in [0.29, 0.717) is 13.1 Å².